The predicted octanol–water partition coefficient (Wildman–Crippen LogP) is 2.38. The molecule has 0 saturated heterocycles. The number of rotatable bonds is 3. The Balaban J connectivity index is 2.10. The molecule has 0 unspecified atom stereocenters. The molecule has 0 amide bonds. The molecule has 3 heteroatoms. The largest absolute Gasteiger partial charge is 0.397 e. The first-order chi connectivity index (χ1) is 7.70. The van der Waals surface area contributed by atoms with Crippen LogP contribution in [-0.4, -0.2) is 13.6 Å². The average molecular weight is 215 g/mol. The van der Waals surface area contributed by atoms with Gasteiger partial charge in [-0.1, -0.05) is 6.42 Å². The number of benzene rings is 1. The van der Waals surface area contributed by atoms with Crippen LogP contribution in [0.5, 0.6) is 0 Å². The minimum atomic E-state index is 0.623. The van der Waals surface area contributed by atoms with E-state index in [0.717, 1.165) is 18.2 Å². The van der Waals surface area contributed by atoms with E-state index in [-0.39, 0.29) is 0 Å². The standard InChI is InChI=1S/C13H17N3/c1-16(9-10-3-2-4-10)13-6-5-11(8-14)7-12(13)15/h5-7,10H,2-4,9,15H2,1H3. The van der Waals surface area contributed by atoms with E-state index >= 15 is 0 Å². The zero-order valence-electron chi connectivity index (χ0n) is 9.61. The fourth-order valence-electron chi connectivity index (χ4n) is 2.13. The van der Waals surface area contributed by atoms with Crippen LogP contribution >= 0.6 is 0 Å². The van der Waals surface area contributed by atoms with Crippen molar-refractivity contribution in [3.05, 3.63) is 23.8 Å². The number of anilines is 2. The van der Waals surface area contributed by atoms with Gasteiger partial charge in [0.15, 0.2) is 0 Å². The van der Waals surface area contributed by atoms with Crippen LogP contribution in [0, 0.1) is 17.2 Å². The SMILES string of the molecule is CN(CC1CCC1)c1ccc(C#N)cc1N. The number of nitrogens with zero attached hydrogens (tertiary/aromatic N) is 2. The summed E-state index contributed by atoms with van der Waals surface area (Å²) in [6, 6.07) is 7.60. The van der Waals surface area contributed by atoms with Crippen LogP contribution in [-0.2, 0) is 0 Å². The summed E-state index contributed by atoms with van der Waals surface area (Å²) in [6.07, 6.45) is 4.03. The fraction of sp³-hybridized carbons (Fsp3) is 0.462. The van der Waals surface area contributed by atoms with E-state index in [2.05, 4.69) is 18.0 Å². The monoisotopic (exact) mass is 215 g/mol. The first-order valence-corrected chi connectivity index (χ1v) is 5.71. The van der Waals surface area contributed by atoms with E-state index in [1.54, 1.807) is 6.07 Å². The van der Waals surface area contributed by atoms with Gasteiger partial charge in [-0.3, -0.25) is 0 Å². The third-order valence-electron chi connectivity index (χ3n) is 3.32. The van der Waals surface area contributed by atoms with Crippen molar-refractivity contribution in [2.75, 3.05) is 24.2 Å². The lowest BCUT2D eigenvalue weighted by Crippen LogP contribution is -2.29. The molecule has 3 nitrogen and oxygen atoms in total. The second kappa shape index (κ2) is 4.44. The highest BCUT2D eigenvalue weighted by Gasteiger charge is 2.19. The van der Waals surface area contributed by atoms with Crippen LogP contribution in [0.15, 0.2) is 18.2 Å². The summed E-state index contributed by atoms with van der Waals surface area (Å²) in [7, 11) is 2.07. The summed E-state index contributed by atoms with van der Waals surface area (Å²) in [6.45, 7) is 1.07. The van der Waals surface area contributed by atoms with Gasteiger partial charge < -0.3 is 10.6 Å². The molecule has 1 saturated carbocycles. The molecule has 1 fully saturated rings. The number of nitrogens with two attached hydrogens (primary N) is 1. The van der Waals surface area contributed by atoms with Crippen molar-refractivity contribution in [3.63, 3.8) is 0 Å². The van der Waals surface area contributed by atoms with Crippen molar-refractivity contribution in [1.82, 2.24) is 0 Å². The third-order valence-corrected chi connectivity index (χ3v) is 3.32. The molecule has 1 aliphatic rings. The van der Waals surface area contributed by atoms with E-state index in [9.17, 15) is 0 Å². The van der Waals surface area contributed by atoms with Crippen LogP contribution in [0.1, 0.15) is 24.8 Å². The van der Waals surface area contributed by atoms with Crippen LogP contribution in [0.4, 0.5) is 11.4 Å². The molecular formula is C13H17N3. The maximum Gasteiger partial charge on any atom is 0.0992 e. The maximum absolute atomic E-state index is 8.76. The number of hydrogen-bond donors (Lipinski definition) is 1. The van der Waals surface area contributed by atoms with E-state index in [0.29, 0.717) is 11.3 Å². The van der Waals surface area contributed by atoms with Crippen molar-refractivity contribution in [2.24, 2.45) is 5.92 Å². The zero-order valence-corrected chi connectivity index (χ0v) is 9.61. The van der Waals surface area contributed by atoms with Crippen molar-refractivity contribution in [1.29, 1.82) is 5.26 Å². The lowest BCUT2D eigenvalue weighted by atomic mass is 9.85. The molecule has 0 atom stereocenters. The second-order valence-corrected chi connectivity index (χ2v) is 4.56. The normalized spacial score (nSPS) is 15.2. The molecule has 1 aromatic carbocycles. The van der Waals surface area contributed by atoms with Gasteiger partial charge in [0.05, 0.1) is 23.0 Å². The van der Waals surface area contributed by atoms with Gasteiger partial charge in [0.1, 0.15) is 0 Å². The van der Waals surface area contributed by atoms with Crippen LogP contribution in [0.25, 0.3) is 0 Å². The molecule has 16 heavy (non-hydrogen) atoms. The van der Waals surface area contributed by atoms with E-state index < -0.39 is 0 Å². The Morgan fingerprint density at radius 2 is 2.25 bits per heavy atom. The molecule has 0 spiro atoms. The Bertz CT molecular complexity index is 416. The number of hydrogen-bond acceptors (Lipinski definition) is 3. The van der Waals surface area contributed by atoms with Crippen molar-refractivity contribution in [3.8, 4) is 6.07 Å². The Kier molecular flexibility index (Phi) is 3.00. The Hall–Kier alpha value is -1.69. The summed E-state index contributed by atoms with van der Waals surface area (Å²) in [4.78, 5) is 2.19. The van der Waals surface area contributed by atoms with Crippen LogP contribution in [0.3, 0.4) is 0 Å². The summed E-state index contributed by atoms with van der Waals surface area (Å²) in [5.74, 6) is 0.819. The molecule has 0 bridgehead atoms. The molecule has 2 rings (SSSR count). The molecule has 0 radical (unpaired) electrons. The highest BCUT2D eigenvalue weighted by Crippen LogP contribution is 2.30. The minimum Gasteiger partial charge on any atom is -0.397 e. The van der Waals surface area contributed by atoms with Gasteiger partial charge in [0.25, 0.3) is 0 Å². The molecule has 1 aliphatic carbocycles. The molecular weight excluding hydrogens is 198 g/mol. The van der Waals surface area contributed by atoms with Crippen molar-refractivity contribution < 1.29 is 0 Å². The molecule has 1 aromatic rings. The smallest absolute Gasteiger partial charge is 0.0992 e. The van der Waals surface area contributed by atoms with Crippen LogP contribution in [0.2, 0.25) is 0 Å². The third kappa shape index (κ3) is 2.11. The number of nitrogen functional groups attached to an aromatic ring is 1. The predicted molar refractivity (Wildman–Crippen MR) is 66.2 cm³/mol. The summed E-state index contributed by atoms with van der Waals surface area (Å²) < 4.78 is 0. The number of nitriles is 1. The summed E-state index contributed by atoms with van der Waals surface area (Å²) in [5, 5.41) is 8.76. The molecule has 0 aromatic heterocycles. The average Bonchev–Trinajstić information content (AvgIpc) is 2.23. The zero-order chi connectivity index (χ0) is 11.5. The van der Waals surface area contributed by atoms with Gasteiger partial charge in [0, 0.05) is 13.6 Å². The van der Waals surface area contributed by atoms with Gasteiger partial charge >= 0.3 is 0 Å². The van der Waals surface area contributed by atoms with Gasteiger partial charge in [-0.25, -0.2) is 0 Å². The molecule has 0 heterocycles. The van der Waals surface area contributed by atoms with Gasteiger partial charge in [-0.2, -0.15) is 5.26 Å². The molecule has 0 aliphatic heterocycles. The van der Waals surface area contributed by atoms with Crippen molar-refractivity contribution in [2.45, 2.75) is 19.3 Å². The van der Waals surface area contributed by atoms with E-state index in [1.165, 1.54) is 19.3 Å². The van der Waals surface area contributed by atoms with Gasteiger partial charge in [-0.15, -0.1) is 0 Å². The minimum absolute atomic E-state index is 0.623. The summed E-state index contributed by atoms with van der Waals surface area (Å²) in [5.41, 5.74) is 8.29. The summed E-state index contributed by atoms with van der Waals surface area (Å²) >= 11 is 0. The lowest BCUT2D eigenvalue weighted by Gasteiger charge is -2.31. The van der Waals surface area contributed by atoms with E-state index in [1.807, 2.05) is 12.1 Å². The second-order valence-electron chi connectivity index (χ2n) is 4.56. The van der Waals surface area contributed by atoms with E-state index in [4.69, 9.17) is 11.0 Å². The Labute approximate surface area is 96.5 Å². The van der Waals surface area contributed by atoms with Crippen molar-refractivity contribution >= 4 is 11.4 Å². The first-order valence-electron chi connectivity index (χ1n) is 5.71. The Morgan fingerprint density at radius 1 is 1.50 bits per heavy atom. The molecule has 84 valence electrons. The van der Waals surface area contributed by atoms with Crippen LogP contribution < -0.4 is 10.6 Å². The van der Waals surface area contributed by atoms with Gasteiger partial charge in [-0.05, 0) is 37.0 Å². The first kappa shape index (κ1) is 10.8. The fourth-order valence-corrected chi connectivity index (χ4v) is 2.13. The lowest BCUT2D eigenvalue weighted by molar-refractivity contribution is 0.321. The quantitative estimate of drug-likeness (QED) is 0.787. The topological polar surface area (TPSA) is 53.0 Å². The van der Waals surface area contributed by atoms with Gasteiger partial charge in [0.2, 0.25) is 0 Å². The molecule has 2 N–H and O–H groups in total. The Morgan fingerprint density at radius 3 is 2.75 bits per heavy atom. The highest BCUT2D eigenvalue weighted by molar-refractivity contribution is 5.69. The maximum atomic E-state index is 8.76. The highest BCUT2D eigenvalue weighted by atomic mass is 15.1.